The molecule has 2 aromatic heterocycles. The van der Waals surface area contributed by atoms with Gasteiger partial charge in [0.1, 0.15) is 17.4 Å². The number of ketones is 1. The summed E-state index contributed by atoms with van der Waals surface area (Å²) in [6.45, 7) is 14.5. The minimum absolute atomic E-state index is 0.165. The van der Waals surface area contributed by atoms with Crippen LogP contribution in [0.4, 0.5) is 17.5 Å². The minimum atomic E-state index is 0.165. The predicted octanol–water partition coefficient (Wildman–Crippen LogP) is 4.45. The van der Waals surface area contributed by atoms with Crippen LogP contribution in [0.15, 0.2) is 40.4 Å². The molecule has 2 fully saturated rings. The Morgan fingerprint density at radius 2 is 1.64 bits per heavy atom. The molecule has 0 amide bonds. The number of aromatic amines is 1. The van der Waals surface area contributed by atoms with Crippen LogP contribution in [0, 0.1) is 13.8 Å². The fourth-order valence-electron chi connectivity index (χ4n) is 5.28. The number of Topliss-reactive ketones (excluding diaryl/α,β-unsaturated/α-hetero) is 1. The maximum Gasteiger partial charge on any atom is 0.196 e. The van der Waals surface area contributed by atoms with E-state index in [2.05, 4.69) is 37.1 Å². The molecule has 5 rings (SSSR count). The fourth-order valence-corrected chi connectivity index (χ4v) is 6.03. The van der Waals surface area contributed by atoms with Gasteiger partial charge in [0.25, 0.3) is 0 Å². The van der Waals surface area contributed by atoms with Gasteiger partial charge < -0.3 is 15.1 Å². The molecule has 0 unspecified atom stereocenters. The quantitative estimate of drug-likeness (QED) is 0.357. The van der Waals surface area contributed by atoms with E-state index < -0.39 is 0 Å². The number of aromatic nitrogens is 4. The summed E-state index contributed by atoms with van der Waals surface area (Å²) in [6.07, 6.45) is 4.53. The molecule has 0 atom stereocenters. The van der Waals surface area contributed by atoms with E-state index in [0.717, 1.165) is 71.9 Å². The molecule has 2 saturated heterocycles. The van der Waals surface area contributed by atoms with Crippen molar-refractivity contribution in [3.05, 3.63) is 47.2 Å². The number of piperazine rings is 1. The molecule has 9 nitrogen and oxygen atoms in total. The Bertz CT molecular complexity index is 1250. The predicted molar refractivity (Wildman–Crippen MR) is 157 cm³/mol. The molecule has 2 aliphatic heterocycles. The highest BCUT2D eigenvalue weighted by Crippen LogP contribution is 2.33. The van der Waals surface area contributed by atoms with Crippen molar-refractivity contribution in [1.82, 2.24) is 30.0 Å². The molecule has 10 heteroatoms. The lowest BCUT2D eigenvalue weighted by atomic mass is 10.1. The van der Waals surface area contributed by atoms with Crippen LogP contribution in [0.1, 0.15) is 43.0 Å². The number of carbonyl (C=O) groups is 1. The number of aryl methyl sites for hydroxylation is 1. The van der Waals surface area contributed by atoms with Crippen molar-refractivity contribution in [2.45, 2.75) is 56.5 Å². The first-order valence-electron chi connectivity index (χ1n) is 14.1. The number of benzene rings is 1. The monoisotopic (exact) mass is 548 g/mol. The Morgan fingerprint density at radius 1 is 0.949 bits per heavy atom. The zero-order valence-electron chi connectivity index (χ0n) is 23.4. The lowest BCUT2D eigenvalue weighted by molar-refractivity contribution is -0.116. The number of piperidine rings is 1. The van der Waals surface area contributed by atoms with Crippen LogP contribution in [0.2, 0.25) is 0 Å². The van der Waals surface area contributed by atoms with Crippen molar-refractivity contribution in [3.63, 3.8) is 0 Å². The van der Waals surface area contributed by atoms with E-state index in [1.807, 2.05) is 37.3 Å². The van der Waals surface area contributed by atoms with E-state index in [4.69, 9.17) is 9.97 Å². The minimum Gasteiger partial charge on any atom is -0.354 e. The largest absolute Gasteiger partial charge is 0.354 e. The SMILES string of the molecule is CC(=O)Cc1ccc(Sc2nc(Nc3cc(C)[nH]n3)c(C)c(N3CCN(CCN4CCCCC4)CC3)n2)cc1. The number of nitrogens with zero attached hydrogens (tertiary/aromatic N) is 6. The summed E-state index contributed by atoms with van der Waals surface area (Å²) in [7, 11) is 0. The van der Waals surface area contributed by atoms with Gasteiger partial charge in [0.05, 0.1) is 0 Å². The number of rotatable bonds is 10. The summed E-state index contributed by atoms with van der Waals surface area (Å²) in [5.74, 6) is 2.66. The summed E-state index contributed by atoms with van der Waals surface area (Å²) >= 11 is 1.54. The molecule has 0 aliphatic carbocycles. The highest BCUT2D eigenvalue weighted by Gasteiger charge is 2.23. The third-order valence-electron chi connectivity index (χ3n) is 7.49. The van der Waals surface area contributed by atoms with Gasteiger partial charge in [-0.3, -0.25) is 14.8 Å². The van der Waals surface area contributed by atoms with Crippen molar-refractivity contribution in [2.24, 2.45) is 0 Å². The molecule has 208 valence electrons. The fraction of sp³-hybridized carbons (Fsp3) is 0.517. The Kier molecular flexibility index (Phi) is 9.16. The Hall–Kier alpha value is -2.95. The van der Waals surface area contributed by atoms with Crippen LogP contribution in [-0.4, -0.2) is 88.1 Å². The standard InChI is InChI=1S/C29H40N8OS/c1-21-19-26(34-33-21)30-27-23(3)28(32-29(31-27)39-25-9-7-24(8-10-25)20-22(2)38)37-17-15-36(16-18-37)14-13-35-11-5-4-6-12-35/h7-10,19H,4-6,11-18,20H2,1-3H3,(H2,30,31,32,33,34). The smallest absolute Gasteiger partial charge is 0.196 e. The van der Waals surface area contributed by atoms with Crippen LogP contribution >= 0.6 is 11.8 Å². The first kappa shape index (κ1) is 27.6. The highest BCUT2D eigenvalue weighted by atomic mass is 32.2. The second-order valence-corrected chi connectivity index (χ2v) is 11.8. The normalized spacial score (nSPS) is 16.9. The number of H-pyrrole nitrogens is 1. The molecule has 4 heterocycles. The average molecular weight is 549 g/mol. The summed E-state index contributed by atoms with van der Waals surface area (Å²) in [6, 6.07) is 10.1. The summed E-state index contributed by atoms with van der Waals surface area (Å²) < 4.78 is 0. The van der Waals surface area contributed by atoms with Crippen molar-refractivity contribution < 1.29 is 4.79 Å². The Balaban J connectivity index is 1.30. The zero-order valence-corrected chi connectivity index (χ0v) is 24.2. The van der Waals surface area contributed by atoms with Gasteiger partial charge in [-0.05, 0) is 76.2 Å². The Labute approximate surface area is 235 Å². The van der Waals surface area contributed by atoms with Gasteiger partial charge >= 0.3 is 0 Å². The second kappa shape index (κ2) is 12.9. The van der Waals surface area contributed by atoms with E-state index in [1.165, 1.54) is 50.7 Å². The molecule has 0 spiro atoms. The molecule has 2 aliphatic rings. The molecule has 39 heavy (non-hydrogen) atoms. The van der Waals surface area contributed by atoms with Crippen LogP contribution in [0.5, 0.6) is 0 Å². The number of hydrogen-bond donors (Lipinski definition) is 2. The summed E-state index contributed by atoms with van der Waals surface area (Å²) in [5.41, 5.74) is 3.04. The molecule has 0 bridgehead atoms. The maximum atomic E-state index is 11.5. The van der Waals surface area contributed by atoms with Gasteiger partial charge in [0.15, 0.2) is 11.0 Å². The number of anilines is 3. The van der Waals surface area contributed by atoms with Gasteiger partial charge in [-0.2, -0.15) is 5.10 Å². The lowest BCUT2D eigenvalue weighted by Crippen LogP contribution is -2.49. The molecule has 0 saturated carbocycles. The first-order chi connectivity index (χ1) is 18.9. The molecule has 1 aromatic carbocycles. The number of hydrogen-bond acceptors (Lipinski definition) is 9. The number of carbonyl (C=O) groups excluding carboxylic acids is 1. The van der Waals surface area contributed by atoms with E-state index in [9.17, 15) is 4.79 Å². The van der Waals surface area contributed by atoms with Crippen LogP contribution < -0.4 is 10.2 Å². The van der Waals surface area contributed by atoms with E-state index in [-0.39, 0.29) is 5.78 Å². The van der Waals surface area contributed by atoms with E-state index in [0.29, 0.717) is 11.6 Å². The number of likely N-dealkylation sites (tertiary alicyclic amines) is 1. The summed E-state index contributed by atoms with van der Waals surface area (Å²) in [5, 5.41) is 11.5. The third kappa shape index (κ3) is 7.58. The first-order valence-corrected chi connectivity index (χ1v) is 14.9. The van der Waals surface area contributed by atoms with Gasteiger partial charge in [0, 0.05) is 67.9 Å². The van der Waals surface area contributed by atoms with Gasteiger partial charge in [0.2, 0.25) is 0 Å². The zero-order chi connectivity index (χ0) is 27.2. The molecular weight excluding hydrogens is 508 g/mol. The topological polar surface area (TPSA) is 93.3 Å². The lowest BCUT2D eigenvalue weighted by Gasteiger charge is -2.37. The van der Waals surface area contributed by atoms with Crippen molar-refractivity contribution in [1.29, 1.82) is 0 Å². The van der Waals surface area contributed by atoms with Gasteiger partial charge in [-0.15, -0.1) is 0 Å². The molecular formula is C29H40N8OS. The Morgan fingerprint density at radius 3 is 2.28 bits per heavy atom. The maximum absolute atomic E-state index is 11.5. The van der Waals surface area contributed by atoms with Crippen molar-refractivity contribution in [2.75, 3.05) is 62.6 Å². The number of nitrogens with one attached hydrogen (secondary N) is 2. The van der Waals surface area contributed by atoms with E-state index >= 15 is 0 Å². The van der Waals surface area contributed by atoms with E-state index in [1.54, 1.807) is 6.92 Å². The third-order valence-corrected chi connectivity index (χ3v) is 8.36. The molecule has 2 N–H and O–H groups in total. The van der Waals surface area contributed by atoms with Crippen LogP contribution in [0.25, 0.3) is 0 Å². The highest BCUT2D eigenvalue weighted by molar-refractivity contribution is 7.99. The van der Waals surface area contributed by atoms with Crippen molar-refractivity contribution in [3.8, 4) is 0 Å². The van der Waals surface area contributed by atoms with Gasteiger partial charge in [-0.1, -0.05) is 18.6 Å². The van der Waals surface area contributed by atoms with Crippen LogP contribution in [0.3, 0.4) is 0 Å². The molecule has 3 aromatic rings. The van der Waals surface area contributed by atoms with Crippen LogP contribution in [-0.2, 0) is 11.2 Å². The molecule has 0 radical (unpaired) electrons. The average Bonchev–Trinajstić information content (AvgIpc) is 3.35. The second-order valence-electron chi connectivity index (χ2n) is 10.7. The van der Waals surface area contributed by atoms with Gasteiger partial charge in [-0.25, -0.2) is 9.97 Å². The summed E-state index contributed by atoms with van der Waals surface area (Å²) in [4.78, 5) is 30.1. The van der Waals surface area contributed by atoms with Crippen molar-refractivity contribution >= 4 is 35.0 Å².